The first-order valence-electron chi connectivity index (χ1n) is 6.16. The Kier molecular flexibility index (Phi) is 4.18. The number of piperidine rings is 1. The second-order valence-electron chi connectivity index (χ2n) is 4.90. The van der Waals surface area contributed by atoms with Gasteiger partial charge in [0, 0.05) is 25.6 Å². The molecule has 1 saturated heterocycles. The molecular weight excluding hydrogens is 232 g/mol. The highest BCUT2D eigenvalue weighted by atomic mass is 32.1. The Labute approximate surface area is 107 Å². The number of nitrogens with one attached hydrogen (secondary N) is 1. The summed E-state index contributed by atoms with van der Waals surface area (Å²) < 4.78 is 0. The van der Waals surface area contributed by atoms with Gasteiger partial charge in [0.05, 0.1) is 0 Å². The Morgan fingerprint density at radius 3 is 3.12 bits per heavy atom. The van der Waals surface area contributed by atoms with Crippen LogP contribution in [0.1, 0.15) is 25.3 Å². The van der Waals surface area contributed by atoms with Crippen LogP contribution in [0.4, 0.5) is 0 Å². The summed E-state index contributed by atoms with van der Waals surface area (Å²) in [5.74, 6) is 0.499. The molecule has 2 rings (SSSR count). The summed E-state index contributed by atoms with van der Waals surface area (Å²) in [5, 5.41) is 7.54. The molecule has 0 radical (unpaired) electrons. The number of hydrogen-bond donors (Lipinski definition) is 1. The van der Waals surface area contributed by atoms with Crippen LogP contribution in [-0.4, -0.2) is 30.4 Å². The first-order valence-corrected chi connectivity index (χ1v) is 7.10. The van der Waals surface area contributed by atoms with Crippen LogP contribution in [0.15, 0.2) is 16.8 Å². The van der Waals surface area contributed by atoms with Crippen molar-refractivity contribution in [3.8, 4) is 0 Å². The Morgan fingerprint density at radius 2 is 2.47 bits per heavy atom. The summed E-state index contributed by atoms with van der Waals surface area (Å²) in [6, 6.07) is 2.55. The van der Waals surface area contributed by atoms with E-state index in [2.05, 4.69) is 29.1 Å². The Balaban J connectivity index is 1.90. The highest BCUT2D eigenvalue weighted by molar-refractivity contribution is 7.07. The van der Waals surface area contributed by atoms with Gasteiger partial charge in [-0.3, -0.25) is 4.79 Å². The molecule has 4 heteroatoms. The first kappa shape index (κ1) is 12.6. The van der Waals surface area contributed by atoms with Crippen molar-refractivity contribution in [3.63, 3.8) is 0 Å². The Morgan fingerprint density at radius 1 is 1.65 bits per heavy atom. The predicted octanol–water partition coefficient (Wildman–Crippen LogP) is 2.09. The van der Waals surface area contributed by atoms with Gasteiger partial charge in [0.25, 0.3) is 0 Å². The summed E-state index contributed by atoms with van der Waals surface area (Å²) in [6.07, 6.45) is 1.93. The fourth-order valence-corrected chi connectivity index (χ4v) is 3.06. The minimum atomic E-state index is 0.204. The van der Waals surface area contributed by atoms with E-state index in [0.29, 0.717) is 11.9 Å². The summed E-state index contributed by atoms with van der Waals surface area (Å²) >= 11 is 1.68. The van der Waals surface area contributed by atoms with E-state index in [9.17, 15) is 4.79 Å². The predicted molar refractivity (Wildman–Crippen MR) is 71.0 cm³/mol. The van der Waals surface area contributed by atoms with Crippen LogP contribution in [-0.2, 0) is 11.3 Å². The van der Waals surface area contributed by atoms with E-state index in [1.807, 2.05) is 11.9 Å². The monoisotopic (exact) mass is 252 g/mol. The van der Waals surface area contributed by atoms with Crippen LogP contribution in [0.2, 0.25) is 0 Å². The van der Waals surface area contributed by atoms with E-state index >= 15 is 0 Å². The van der Waals surface area contributed by atoms with Crippen LogP contribution in [0, 0.1) is 5.92 Å². The third-order valence-corrected chi connectivity index (χ3v) is 4.08. The zero-order valence-electron chi connectivity index (χ0n) is 10.5. The average molecular weight is 252 g/mol. The summed E-state index contributed by atoms with van der Waals surface area (Å²) in [7, 11) is 1.91. The number of rotatable bonds is 3. The van der Waals surface area contributed by atoms with Crippen LogP contribution >= 0.6 is 11.3 Å². The molecule has 0 spiro atoms. The van der Waals surface area contributed by atoms with Crippen molar-refractivity contribution >= 4 is 17.2 Å². The van der Waals surface area contributed by atoms with Gasteiger partial charge in [-0.15, -0.1) is 0 Å². The van der Waals surface area contributed by atoms with Gasteiger partial charge in [0.1, 0.15) is 0 Å². The quantitative estimate of drug-likeness (QED) is 0.893. The largest absolute Gasteiger partial charge is 0.341 e. The van der Waals surface area contributed by atoms with Crippen molar-refractivity contribution in [2.75, 3.05) is 13.6 Å². The maximum absolute atomic E-state index is 12.3. The van der Waals surface area contributed by atoms with Gasteiger partial charge in [0.15, 0.2) is 0 Å². The fraction of sp³-hybridized carbons (Fsp3) is 0.615. The van der Waals surface area contributed by atoms with Crippen molar-refractivity contribution < 1.29 is 4.79 Å². The van der Waals surface area contributed by atoms with Crippen molar-refractivity contribution in [2.45, 2.75) is 32.4 Å². The van der Waals surface area contributed by atoms with Gasteiger partial charge in [-0.1, -0.05) is 0 Å². The van der Waals surface area contributed by atoms with Gasteiger partial charge in [-0.05, 0) is 48.7 Å². The van der Waals surface area contributed by atoms with Crippen LogP contribution in [0.3, 0.4) is 0 Å². The fourth-order valence-electron chi connectivity index (χ4n) is 2.40. The molecule has 0 saturated carbocycles. The molecule has 3 nitrogen and oxygen atoms in total. The number of carbonyl (C=O) groups is 1. The lowest BCUT2D eigenvalue weighted by atomic mass is 9.92. The van der Waals surface area contributed by atoms with E-state index in [4.69, 9.17) is 0 Å². The van der Waals surface area contributed by atoms with Crippen LogP contribution in [0.25, 0.3) is 0 Å². The van der Waals surface area contributed by atoms with Gasteiger partial charge < -0.3 is 10.2 Å². The smallest absolute Gasteiger partial charge is 0.225 e. The molecule has 94 valence electrons. The molecule has 1 fully saturated rings. The number of hydrogen-bond acceptors (Lipinski definition) is 3. The lowest BCUT2D eigenvalue weighted by Crippen LogP contribution is -2.42. The normalized spacial score (nSPS) is 24.6. The standard InChI is InChI=1S/C13H20N2OS/c1-10-7-12(3-5-14-10)13(16)15(2)8-11-4-6-17-9-11/h4,6,9-10,12,14H,3,5,7-8H2,1-2H3. The summed E-state index contributed by atoms with van der Waals surface area (Å²) in [5.41, 5.74) is 1.23. The van der Waals surface area contributed by atoms with Crippen LogP contribution < -0.4 is 5.32 Å². The second kappa shape index (κ2) is 5.65. The third-order valence-electron chi connectivity index (χ3n) is 3.35. The topological polar surface area (TPSA) is 32.3 Å². The van der Waals surface area contributed by atoms with E-state index in [-0.39, 0.29) is 5.92 Å². The Hall–Kier alpha value is -0.870. The molecule has 1 amide bonds. The highest BCUT2D eigenvalue weighted by Crippen LogP contribution is 2.19. The van der Waals surface area contributed by atoms with E-state index in [0.717, 1.165) is 25.9 Å². The van der Waals surface area contributed by atoms with Crippen molar-refractivity contribution in [3.05, 3.63) is 22.4 Å². The molecule has 1 N–H and O–H groups in total. The summed E-state index contributed by atoms with van der Waals surface area (Å²) in [6.45, 7) is 3.85. The maximum atomic E-state index is 12.3. The molecule has 1 aromatic heterocycles. The second-order valence-corrected chi connectivity index (χ2v) is 5.68. The number of nitrogens with zero attached hydrogens (tertiary/aromatic N) is 1. The minimum absolute atomic E-state index is 0.204. The molecule has 2 atom stereocenters. The molecule has 0 bridgehead atoms. The number of carbonyl (C=O) groups excluding carboxylic acids is 1. The molecule has 0 aromatic carbocycles. The van der Waals surface area contributed by atoms with E-state index in [1.54, 1.807) is 11.3 Å². The third kappa shape index (κ3) is 3.30. The molecule has 1 aliphatic heterocycles. The molecular formula is C13H20N2OS. The van der Waals surface area contributed by atoms with Crippen LogP contribution in [0.5, 0.6) is 0 Å². The number of amides is 1. The number of thiophene rings is 1. The molecule has 17 heavy (non-hydrogen) atoms. The van der Waals surface area contributed by atoms with Gasteiger partial charge in [-0.2, -0.15) is 11.3 Å². The van der Waals surface area contributed by atoms with E-state index < -0.39 is 0 Å². The zero-order valence-corrected chi connectivity index (χ0v) is 11.3. The first-order chi connectivity index (χ1) is 8.16. The molecule has 2 unspecified atom stereocenters. The Bertz CT molecular complexity index is 364. The molecule has 1 aromatic rings. The van der Waals surface area contributed by atoms with Crippen molar-refractivity contribution in [1.29, 1.82) is 0 Å². The lowest BCUT2D eigenvalue weighted by Gasteiger charge is -2.30. The lowest BCUT2D eigenvalue weighted by molar-refractivity contribution is -0.135. The minimum Gasteiger partial charge on any atom is -0.341 e. The maximum Gasteiger partial charge on any atom is 0.225 e. The average Bonchev–Trinajstić information content (AvgIpc) is 2.80. The molecule has 0 aliphatic carbocycles. The van der Waals surface area contributed by atoms with Gasteiger partial charge in [0.2, 0.25) is 5.91 Å². The van der Waals surface area contributed by atoms with Gasteiger partial charge in [-0.25, -0.2) is 0 Å². The summed E-state index contributed by atoms with van der Waals surface area (Å²) in [4.78, 5) is 14.1. The van der Waals surface area contributed by atoms with E-state index in [1.165, 1.54) is 5.56 Å². The van der Waals surface area contributed by atoms with Crippen molar-refractivity contribution in [2.24, 2.45) is 5.92 Å². The van der Waals surface area contributed by atoms with Crippen molar-refractivity contribution in [1.82, 2.24) is 10.2 Å². The van der Waals surface area contributed by atoms with Gasteiger partial charge >= 0.3 is 0 Å². The zero-order chi connectivity index (χ0) is 12.3. The molecule has 2 heterocycles. The SMILES string of the molecule is CC1CC(C(=O)N(C)Cc2ccsc2)CCN1. The highest BCUT2D eigenvalue weighted by Gasteiger charge is 2.26. The molecule has 1 aliphatic rings.